The van der Waals surface area contributed by atoms with Gasteiger partial charge in [-0.25, -0.2) is 13.6 Å². The van der Waals surface area contributed by atoms with Gasteiger partial charge in [-0.3, -0.25) is 14.2 Å². The van der Waals surface area contributed by atoms with E-state index in [1.807, 2.05) is 11.0 Å². The van der Waals surface area contributed by atoms with Gasteiger partial charge in [-0.1, -0.05) is 5.92 Å². The highest BCUT2D eigenvalue weighted by atomic mass is 19.3. The summed E-state index contributed by atoms with van der Waals surface area (Å²) >= 11 is 0. The zero-order valence-corrected chi connectivity index (χ0v) is 28.8. The van der Waals surface area contributed by atoms with Gasteiger partial charge in [0.25, 0.3) is 6.43 Å². The molecule has 1 spiro atoms. The molecule has 264 valence electrons. The lowest BCUT2D eigenvalue weighted by Crippen LogP contribution is -2.40. The first-order chi connectivity index (χ1) is 24.6. The second kappa shape index (κ2) is 12.9. The highest BCUT2D eigenvalue weighted by Crippen LogP contribution is 2.56. The summed E-state index contributed by atoms with van der Waals surface area (Å²) in [6, 6.07) is 6.80. The van der Waals surface area contributed by atoms with Crippen LogP contribution in [0.3, 0.4) is 0 Å². The maximum Gasteiger partial charge on any atom is 0.356 e. The van der Waals surface area contributed by atoms with Gasteiger partial charge < -0.3 is 14.9 Å². The summed E-state index contributed by atoms with van der Waals surface area (Å²) in [5.74, 6) is 6.36. The molecule has 1 amide bonds. The van der Waals surface area contributed by atoms with Crippen molar-refractivity contribution >= 4 is 23.4 Å². The fourth-order valence-electron chi connectivity index (χ4n) is 8.72. The Morgan fingerprint density at radius 3 is 2.55 bits per heavy atom. The normalized spacial score (nSPS) is 22.6. The van der Waals surface area contributed by atoms with Crippen LogP contribution in [0.1, 0.15) is 103 Å². The third-order valence-electron chi connectivity index (χ3n) is 11.4. The first-order valence-electron chi connectivity index (χ1n) is 17.7. The Morgan fingerprint density at radius 1 is 1.08 bits per heavy atom. The number of carboxylic acids is 1. The number of carbonyl (C=O) groups is 2. The van der Waals surface area contributed by atoms with Crippen molar-refractivity contribution in [2.45, 2.75) is 83.7 Å². The number of amides is 1. The Morgan fingerprint density at radius 2 is 1.88 bits per heavy atom. The van der Waals surface area contributed by atoms with Gasteiger partial charge in [-0.05, 0) is 98.1 Å². The van der Waals surface area contributed by atoms with Crippen LogP contribution in [-0.2, 0) is 31.2 Å². The topological polar surface area (TPSA) is 122 Å². The zero-order valence-electron chi connectivity index (χ0n) is 28.8. The highest BCUT2D eigenvalue weighted by molar-refractivity contribution is 5.85. The summed E-state index contributed by atoms with van der Waals surface area (Å²) in [6.07, 6.45) is 9.30. The molecule has 2 aliphatic carbocycles. The van der Waals surface area contributed by atoms with E-state index < -0.39 is 12.4 Å². The molecule has 0 radical (unpaired) electrons. The number of aromatic carboxylic acids is 1. The van der Waals surface area contributed by atoms with E-state index in [0.717, 1.165) is 79.7 Å². The summed E-state index contributed by atoms with van der Waals surface area (Å²) in [6.45, 7) is 3.35. The Hall–Kier alpha value is -5.12. The van der Waals surface area contributed by atoms with Crippen LogP contribution in [0.15, 0.2) is 36.7 Å². The van der Waals surface area contributed by atoms with Gasteiger partial charge in [-0.2, -0.15) is 10.2 Å². The Labute approximate surface area is 294 Å². The number of hydrogen-bond donors (Lipinski definition) is 1. The maximum atomic E-state index is 14.6. The number of hydrogen-bond acceptors (Lipinski definition) is 7. The number of rotatable bonds is 5. The predicted octanol–water partition coefficient (Wildman–Crippen LogP) is 6.26. The predicted molar refractivity (Wildman–Crippen MR) is 184 cm³/mol. The zero-order chi connectivity index (χ0) is 35.4. The van der Waals surface area contributed by atoms with Crippen molar-refractivity contribution in [3.63, 3.8) is 0 Å². The van der Waals surface area contributed by atoms with Crippen molar-refractivity contribution in [1.29, 1.82) is 0 Å². The molecule has 5 heterocycles. The summed E-state index contributed by atoms with van der Waals surface area (Å²) in [4.78, 5) is 27.6. The number of benzene rings is 1. The minimum atomic E-state index is -2.65. The number of anilines is 2. The molecule has 4 aliphatic rings. The summed E-state index contributed by atoms with van der Waals surface area (Å²) in [5, 5.41) is 26.2. The fraction of sp³-hybridized carbons (Fsp3) is 0.474. The molecule has 0 atom stereocenters. The van der Waals surface area contributed by atoms with Gasteiger partial charge in [0.2, 0.25) is 5.91 Å². The molecule has 2 aliphatic heterocycles. The monoisotopic (exact) mass is 694 g/mol. The molecule has 13 heteroatoms. The van der Waals surface area contributed by atoms with E-state index in [4.69, 9.17) is 10.2 Å². The van der Waals surface area contributed by atoms with Crippen LogP contribution in [0.25, 0.3) is 11.1 Å². The third kappa shape index (κ3) is 6.15. The first-order valence-corrected chi connectivity index (χ1v) is 17.7. The molecular formula is C38H40F2N8O3. The van der Waals surface area contributed by atoms with E-state index in [1.165, 1.54) is 6.07 Å². The van der Waals surface area contributed by atoms with Gasteiger partial charge in [-0.15, -0.1) is 10.2 Å². The van der Waals surface area contributed by atoms with E-state index in [-0.39, 0.29) is 34.5 Å². The number of aryl methyl sites for hydroxylation is 2. The summed E-state index contributed by atoms with van der Waals surface area (Å²) < 4.78 is 33.1. The van der Waals surface area contributed by atoms with Gasteiger partial charge in [0.15, 0.2) is 11.5 Å². The summed E-state index contributed by atoms with van der Waals surface area (Å²) in [5.41, 5.74) is 5.77. The minimum absolute atomic E-state index is 0.0163. The average Bonchev–Trinajstić information content (AvgIpc) is 3.72. The minimum Gasteiger partial charge on any atom is -0.476 e. The molecule has 1 aromatic carbocycles. The molecule has 1 N–H and O–H groups in total. The molecule has 8 rings (SSSR count). The molecule has 2 saturated carbocycles. The van der Waals surface area contributed by atoms with E-state index >= 15 is 0 Å². The molecule has 2 fully saturated rings. The van der Waals surface area contributed by atoms with Gasteiger partial charge in [0.1, 0.15) is 5.69 Å². The van der Waals surface area contributed by atoms with Crippen molar-refractivity contribution < 1.29 is 23.5 Å². The lowest BCUT2D eigenvalue weighted by atomic mass is 9.55. The first kappa shape index (κ1) is 33.0. The number of alkyl halides is 2. The number of aromatic nitrogens is 6. The van der Waals surface area contributed by atoms with Crippen LogP contribution in [0.5, 0.6) is 0 Å². The van der Waals surface area contributed by atoms with E-state index in [2.05, 4.69) is 36.7 Å². The second-order valence-electron chi connectivity index (χ2n) is 14.6. The lowest BCUT2D eigenvalue weighted by molar-refractivity contribution is -0.129. The standard InChI is InChI=1S/C38H40F2N8O3/c1-23(49)46-15-11-33-31(22-46)36(47-14-3-4-25-16-29(26-20-41-45(2)21-26)30(35(39)40)17-34(25)47)44-48(33)28-9-12-38(13-10-28)18-24(19-38)5-6-27-7-8-32(37(50)51)43-42-27/h7-8,16-17,20-21,24,28,35H,3-4,9-15,18-19,22H2,1-2H3,(H,50,51). The largest absolute Gasteiger partial charge is 0.476 e. The molecule has 3 aromatic heterocycles. The Balaban J connectivity index is 1.04. The van der Waals surface area contributed by atoms with Crippen molar-refractivity contribution in [2.24, 2.45) is 18.4 Å². The highest BCUT2D eigenvalue weighted by Gasteiger charge is 2.46. The van der Waals surface area contributed by atoms with Crippen LogP contribution in [-0.4, -0.2) is 64.7 Å². The average molecular weight is 695 g/mol. The number of nitrogens with zero attached hydrogens (tertiary/aromatic N) is 8. The molecule has 4 aromatic rings. The number of carboxylic acid groups (broad SMARTS) is 1. The van der Waals surface area contributed by atoms with Gasteiger partial charge >= 0.3 is 5.97 Å². The maximum absolute atomic E-state index is 14.6. The van der Waals surface area contributed by atoms with Crippen molar-refractivity contribution in [3.05, 3.63) is 70.4 Å². The van der Waals surface area contributed by atoms with Crippen LogP contribution in [0.4, 0.5) is 20.3 Å². The number of carbonyl (C=O) groups excluding carboxylic acids is 1. The van der Waals surface area contributed by atoms with Crippen LogP contribution in [0, 0.1) is 23.2 Å². The fourth-order valence-corrected chi connectivity index (χ4v) is 8.72. The van der Waals surface area contributed by atoms with Crippen LogP contribution < -0.4 is 4.90 Å². The van der Waals surface area contributed by atoms with Crippen LogP contribution in [0.2, 0.25) is 0 Å². The lowest BCUT2D eigenvalue weighted by Gasteiger charge is -2.50. The molecule has 0 bridgehead atoms. The van der Waals surface area contributed by atoms with Crippen molar-refractivity contribution in [2.75, 3.05) is 18.0 Å². The van der Waals surface area contributed by atoms with Crippen LogP contribution >= 0.6 is 0 Å². The smallest absolute Gasteiger partial charge is 0.356 e. The Bertz CT molecular complexity index is 2060. The second-order valence-corrected chi connectivity index (χ2v) is 14.6. The number of fused-ring (bicyclic) bond motifs is 2. The van der Waals surface area contributed by atoms with Gasteiger partial charge in [0, 0.05) is 73.7 Å². The van der Waals surface area contributed by atoms with E-state index in [1.54, 1.807) is 43.2 Å². The molecule has 0 saturated heterocycles. The SMILES string of the molecule is CC(=O)N1CCc2c(c(N3CCCc4cc(-c5cnn(C)c5)c(C(F)F)cc43)nn2C2CCC3(CC2)CC(C#Cc2ccc(C(=O)O)nn2)C3)C1. The van der Waals surface area contributed by atoms with Crippen molar-refractivity contribution in [1.82, 2.24) is 34.7 Å². The quantitative estimate of drug-likeness (QED) is 0.243. The van der Waals surface area contributed by atoms with E-state index in [0.29, 0.717) is 42.9 Å². The molecule has 51 heavy (non-hydrogen) atoms. The molecule has 0 unspecified atom stereocenters. The van der Waals surface area contributed by atoms with E-state index in [9.17, 15) is 18.4 Å². The third-order valence-corrected chi connectivity index (χ3v) is 11.4. The molecular weight excluding hydrogens is 654 g/mol. The Kier molecular flexibility index (Phi) is 8.35. The summed E-state index contributed by atoms with van der Waals surface area (Å²) in [7, 11) is 1.78. The molecule has 11 nitrogen and oxygen atoms in total. The van der Waals surface area contributed by atoms with Gasteiger partial charge in [0.05, 0.1) is 18.8 Å². The van der Waals surface area contributed by atoms with Crippen molar-refractivity contribution in [3.8, 4) is 23.0 Å². The number of halogens is 2.